The zero-order valence-corrected chi connectivity index (χ0v) is 27.5. The number of fused-ring (bicyclic) bond motifs is 1. The van der Waals surface area contributed by atoms with Gasteiger partial charge in [-0.25, -0.2) is 8.42 Å². The molecule has 2 N–H and O–H groups in total. The number of nitrogens with one attached hydrogen (secondary N) is 1. The lowest BCUT2D eigenvalue weighted by molar-refractivity contribution is -0.0177. The van der Waals surface area contributed by atoms with Gasteiger partial charge in [-0.3, -0.25) is 19.4 Å². The largest absolute Gasteiger partial charge is 0.490 e. The molecular formula is C32H44N4O6S2. The van der Waals surface area contributed by atoms with Gasteiger partial charge < -0.3 is 19.5 Å². The van der Waals surface area contributed by atoms with Crippen LogP contribution in [-0.4, -0.2) is 85.8 Å². The number of aliphatic hydroxyl groups is 1. The molecule has 0 radical (unpaired) electrons. The van der Waals surface area contributed by atoms with Crippen molar-refractivity contribution in [2.75, 3.05) is 38.1 Å². The van der Waals surface area contributed by atoms with E-state index in [1.807, 2.05) is 19.1 Å². The monoisotopic (exact) mass is 644 g/mol. The number of hydrogen-bond donors (Lipinski definition) is 2. The summed E-state index contributed by atoms with van der Waals surface area (Å²) < 4.78 is 41.4. The summed E-state index contributed by atoms with van der Waals surface area (Å²) in [5, 5.41) is 11.9. The van der Waals surface area contributed by atoms with E-state index in [-0.39, 0.29) is 46.1 Å². The maximum absolute atomic E-state index is 14.3. The van der Waals surface area contributed by atoms with Gasteiger partial charge in [-0.2, -0.15) is 0 Å². The minimum absolute atomic E-state index is 0.0698. The first-order valence-electron chi connectivity index (χ1n) is 15.0. The van der Waals surface area contributed by atoms with E-state index in [2.05, 4.69) is 28.6 Å². The number of nitrogens with zero attached hydrogens (tertiary/aromatic N) is 3. The number of anilines is 1. The van der Waals surface area contributed by atoms with Crippen molar-refractivity contribution in [1.29, 1.82) is 0 Å². The zero-order valence-electron chi connectivity index (χ0n) is 25.9. The van der Waals surface area contributed by atoms with Gasteiger partial charge in [-0.1, -0.05) is 13.0 Å². The van der Waals surface area contributed by atoms with Gasteiger partial charge in [0.25, 0.3) is 15.9 Å². The highest BCUT2D eigenvalue weighted by Gasteiger charge is 2.30. The number of carbonyl (C=O) groups is 1. The fourth-order valence-corrected chi connectivity index (χ4v) is 7.28. The molecule has 12 heteroatoms. The zero-order chi connectivity index (χ0) is 31.7. The highest BCUT2D eigenvalue weighted by Crippen LogP contribution is 2.30. The van der Waals surface area contributed by atoms with Crippen molar-refractivity contribution >= 4 is 33.0 Å². The first-order valence-corrected chi connectivity index (χ1v) is 17.4. The fourth-order valence-electron chi connectivity index (χ4n) is 5.24. The standard InChI is InChI=1S/C32H44N4O6S2/c1-23-19-36(24(2)22-37)32(38)28-18-27(34-44(39,40)31-9-7-17-43-31)10-11-29(28)42-25(3)8-5-6-16-41-30(23)21-35(4)20-26-12-14-33-15-13-26/h7,9-15,17-18,23-25,30,34,37H,5-6,8,16,19-22H2,1-4H3/t23-,24-,25+,30-/m0/s1. The van der Waals surface area contributed by atoms with Crippen LogP contribution in [0.4, 0.5) is 5.69 Å². The van der Waals surface area contributed by atoms with Gasteiger partial charge in [0.05, 0.1) is 30.4 Å². The minimum Gasteiger partial charge on any atom is -0.490 e. The van der Waals surface area contributed by atoms with Crippen molar-refractivity contribution < 1.29 is 27.8 Å². The Bertz CT molecular complexity index is 1440. The summed E-state index contributed by atoms with van der Waals surface area (Å²) in [6, 6.07) is 11.5. The number of aromatic nitrogens is 1. The molecule has 4 rings (SSSR count). The summed E-state index contributed by atoms with van der Waals surface area (Å²) in [5.41, 5.74) is 1.64. The second-order valence-corrected chi connectivity index (χ2v) is 14.5. The summed E-state index contributed by atoms with van der Waals surface area (Å²) in [7, 11) is -1.77. The number of thiophene rings is 1. The highest BCUT2D eigenvalue weighted by atomic mass is 32.2. The third-order valence-electron chi connectivity index (χ3n) is 7.76. The van der Waals surface area contributed by atoms with E-state index in [0.717, 1.165) is 42.7 Å². The molecule has 1 aromatic carbocycles. The Labute approximate surface area is 265 Å². The minimum atomic E-state index is -3.82. The van der Waals surface area contributed by atoms with Crippen molar-refractivity contribution in [1.82, 2.24) is 14.8 Å². The number of benzene rings is 1. The summed E-state index contributed by atoms with van der Waals surface area (Å²) in [6.07, 6.45) is 5.76. The van der Waals surface area contributed by atoms with Crippen molar-refractivity contribution in [2.45, 2.75) is 69.0 Å². The molecule has 1 amide bonds. The number of hydrogen-bond acceptors (Lipinski definition) is 9. The lowest BCUT2D eigenvalue weighted by atomic mass is 10.0. The van der Waals surface area contributed by atoms with E-state index in [0.29, 0.717) is 25.4 Å². The van der Waals surface area contributed by atoms with Crippen LogP contribution in [-0.2, 0) is 21.3 Å². The average Bonchev–Trinajstić information content (AvgIpc) is 3.55. The Morgan fingerprint density at radius 2 is 1.95 bits per heavy atom. The third kappa shape index (κ3) is 9.24. The molecule has 0 bridgehead atoms. The molecule has 1 aliphatic rings. The van der Waals surface area contributed by atoms with Crippen molar-refractivity contribution in [2.24, 2.45) is 5.92 Å². The molecule has 1 aliphatic heterocycles. The number of sulfonamides is 1. The Kier molecular flexibility index (Phi) is 12.2. The summed E-state index contributed by atoms with van der Waals surface area (Å²) in [4.78, 5) is 22.2. The van der Waals surface area contributed by atoms with Gasteiger partial charge in [0.15, 0.2) is 0 Å². The number of ether oxygens (including phenoxy) is 2. The van der Waals surface area contributed by atoms with Crippen LogP contribution in [0, 0.1) is 5.92 Å². The highest BCUT2D eigenvalue weighted by molar-refractivity contribution is 7.94. The predicted molar refractivity (Wildman–Crippen MR) is 173 cm³/mol. The van der Waals surface area contributed by atoms with E-state index in [9.17, 15) is 18.3 Å². The van der Waals surface area contributed by atoms with Crippen molar-refractivity contribution in [3.8, 4) is 5.75 Å². The SMILES string of the molecule is C[C@@H]1CCCCO[C@@H](CN(C)Cc2ccncc2)[C@@H](C)CN([C@@H](C)CO)C(=O)c2cc(NS(=O)(=O)c3cccs3)ccc2O1. The van der Waals surface area contributed by atoms with Crippen LogP contribution in [0.3, 0.4) is 0 Å². The van der Waals surface area contributed by atoms with Gasteiger partial charge >= 0.3 is 0 Å². The molecule has 3 heterocycles. The summed E-state index contributed by atoms with van der Waals surface area (Å²) in [5.74, 6) is -0.0374. The molecule has 44 heavy (non-hydrogen) atoms. The van der Waals surface area contributed by atoms with Crippen LogP contribution in [0.2, 0.25) is 0 Å². The second-order valence-electron chi connectivity index (χ2n) is 11.6. The predicted octanol–water partition coefficient (Wildman–Crippen LogP) is 4.87. The van der Waals surface area contributed by atoms with Crippen LogP contribution in [0.15, 0.2) is 64.4 Å². The third-order valence-corrected chi connectivity index (χ3v) is 10.5. The van der Waals surface area contributed by atoms with Gasteiger partial charge in [0.2, 0.25) is 0 Å². The molecule has 0 spiro atoms. The summed E-state index contributed by atoms with van der Waals surface area (Å²) in [6.45, 7) is 7.90. The summed E-state index contributed by atoms with van der Waals surface area (Å²) >= 11 is 1.11. The molecule has 10 nitrogen and oxygen atoms in total. The lowest BCUT2D eigenvalue weighted by Gasteiger charge is -2.36. The van der Waals surface area contributed by atoms with Crippen LogP contribution in [0.25, 0.3) is 0 Å². The maximum atomic E-state index is 14.3. The van der Waals surface area contributed by atoms with Gasteiger partial charge in [0, 0.05) is 50.2 Å². The Balaban J connectivity index is 1.63. The van der Waals surface area contributed by atoms with Crippen LogP contribution in [0.5, 0.6) is 5.75 Å². The van der Waals surface area contributed by atoms with Crippen LogP contribution < -0.4 is 9.46 Å². The van der Waals surface area contributed by atoms with Crippen LogP contribution >= 0.6 is 11.3 Å². The van der Waals surface area contributed by atoms with E-state index in [1.165, 1.54) is 12.1 Å². The molecule has 240 valence electrons. The Hall–Kier alpha value is -3.03. The van der Waals surface area contributed by atoms with E-state index in [1.54, 1.807) is 47.8 Å². The van der Waals surface area contributed by atoms with Crippen molar-refractivity contribution in [3.05, 3.63) is 71.4 Å². The first kappa shape index (κ1) is 33.9. The quantitative estimate of drug-likeness (QED) is 0.339. The fraction of sp³-hybridized carbons (Fsp3) is 0.500. The van der Waals surface area contributed by atoms with Gasteiger partial charge in [0.1, 0.15) is 9.96 Å². The molecule has 0 aliphatic carbocycles. The lowest BCUT2D eigenvalue weighted by Crippen LogP contribution is -2.47. The average molecular weight is 645 g/mol. The number of likely N-dealkylation sites (N-methyl/N-ethyl adjacent to an activating group) is 1. The van der Waals surface area contributed by atoms with Gasteiger partial charge in [-0.15, -0.1) is 11.3 Å². The molecule has 0 fully saturated rings. The number of pyridine rings is 1. The Morgan fingerprint density at radius 3 is 2.66 bits per heavy atom. The number of rotatable bonds is 9. The Morgan fingerprint density at radius 1 is 1.18 bits per heavy atom. The van der Waals surface area contributed by atoms with Crippen molar-refractivity contribution in [3.63, 3.8) is 0 Å². The molecule has 4 atom stereocenters. The smallest absolute Gasteiger partial charge is 0.271 e. The number of amides is 1. The van der Waals surface area contributed by atoms with Gasteiger partial charge in [-0.05, 0) is 87.5 Å². The van der Waals surface area contributed by atoms with E-state index in [4.69, 9.17) is 9.47 Å². The molecule has 0 saturated heterocycles. The van der Waals surface area contributed by atoms with Crippen LogP contribution in [0.1, 0.15) is 56.0 Å². The number of carbonyl (C=O) groups excluding carboxylic acids is 1. The van der Waals surface area contributed by atoms with E-state index >= 15 is 0 Å². The van der Waals surface area contributed by atoms with E-state index < -0.39 is 16.1 Å². The molecule has 0 unspecified atom stereocenters. The normalized spacial score (nSPS) is 21.3. The number of aliphatic hydroxyl groups excluding tert-OH is 1. The maximum Gasteiger partial charge on any atom is 0.271 e. The molecule has 0 saturated carbocycles. The second kappa shape index (κ2) is 15.8. The topological polar surface area (TPSA) is 121 Å². The first-order chi connectivity index (χ1) is 21.1. The molecule has 3 aromatic rings. The molecule has 2 aromatic heterocycles. The molecular weight excluding hydrogens is 601 g/mol.